The number of methoxy groups -OCH3 is 1. The molecular formula is C21H21FN2O5S2. The molecule has 0 aliphatic heterocycles. The Bertz CT molecular complexity index is 1290. The summed E-state index contributed by atoms with van der Waals surface area (Å²) < 4.78 is 45.1. The first-order valence-corrected chi connectivity index (χ1v) is 11.9. The molecule has 0 saturated carbocycles. The number of rotatable bonds is 7. The standard InChI is InChI=1S/C21H21FN2O5S2/c1-14-5-8-16(9-6-14)31(27,28)11-3-4-19(25)23-21-24(13-20(26)29-2)17-10-7-15(22)12-18(17)30-21/h5-10,12H,3-4,11,13H2,1-2H3. The zero-order valence-electron chi connectivity index (χ0n) is 17.0. The molecule has 0 aliphatic rings. The van der Waals surface area contributed by atoms with Crippen molar-refractivity contribution in [2.24, 2.45) is 4.99 Å². The maximum Gasteiger partial charge on any atom is 0.325 e. The van der Waals surface area contributed by atoms with Gasteiger partial charge >= 0.3 is 5.97 Å². The number of benzene rings is 2. The lowest BCUT2D eigenvalue weighted by atomic mass is 10.2. The van der Waals surface area contributed by atoms with E-state index in [2.05, 4.69) is 9.73 Å². The molecule has 0 atom stereocenters. The Kier molecular flexibility index (Phi) is 7.01. The van der Waals surface area contributed by atoms with E-state index in [0.29, 0.717) is 10.2 Å². The predicted molar refractivity (Wildman–Crippen MR) is 115 cm³/mol. The van der Waals surface area contributed by atoms with Gasteiger partial charge in [0.2, 0.25) is 5.91 Å². The minimum atomic E-state index is -3.50. The van der Waals surface area contributed by atoms with E-state index in [1.165, 1.54) is 29.9 Å². The predicted octanol–water partition coefficient (Wildman–Crippen LogP) is 3.00. The summed E-state index contributed by atoms with van der Waals surface area (Å²) in [5.41, 5.74) is 1.50. The van der Waals surface area contributed by atoms with E-state index in [-0.39, 0.29) is 34.8 Å². The Morgan fingerprint density at radius 2 is 1.87 bits per heavy atom. The van der Waals surface area contributed by atoms with Crippen molar-refractivity contribution in [3.05, 3.63) is 58.6 Å². The number of carbonyl (C=O) groups is 2. The number of carbonyl (C=O) groups excluding carboxylic acids is 2. The molecule has 1 amide bonds. The lowest BCUT2D eigenvalue weighted by molar-refractivity contribution is -0.141. The summed E-state index contributed by atoms with van der Waals surface area (Å²) in [6.07, 6.45) is 0.0288. The summed E-state index contributed by atoms with van der Waals surface area (Å²) in [7, 11) is -2.25. The SMILES string of the molecule is COC(=O)Cn1c(=NC(=O)CCCS(=O)(=O)c2ccc(C)cc2)sc2cc(F)ccc21. The Labute approximate surface area is 182 Å². The molecule has 0 unspecified atom stereocenters. The van der Waals surface area contributed by atoms with Crippen molar-refractivity contribution in [1.29, 1.82) is 0 Å². The smallest absolute Gasteiger partial charge is 0.325 e. The van der Waals surface area contributed by atoms with Crippen LogP contribution in [0.25, 0.3) is 10.2 Å². The molecule has 3 aromatic rings. The molecule has 7 nitrogen and oxygen atoms in total. The Balaban J connectivity index is 1.78. The quantitative estimate of drug-likeness (QED) is 0.501. The number of hydrogen-bond acceptors (Lipinski definition) is 6. The Hall–Kier alpha value is -2.85. The normalized spacial score (nSPS) is 12.3. The molecule has 31 heavy (non-hydrogen) atoms. The molecule has 1 aromatic heterocycles. The van der Waals surface area contributed by atoms with Crippen molar-refractivity contribution >= 4 is 43.3 Å². The molecule has 2 aromatic carbocycles. The van der Waals surface area contributed by atoms with Gasteiger partial charge in [-0.15, -0.1) is 0 Å². The third-order valence-corrected chi connectivity index (χ3v) is 7.42. The zero-order chi connectivity index (χ0) is 22.6. The van der Waals surface area contributed by atoms with Gasteiger partial charge in [0.05, 0.1) is 28.0 Å². The summed E-state index contributed by atoms with van der Waals surface area (Å²) in [5, 5.41) is 0. The second-order valence-corrected chi connectivity index (χ2v) is 10.0. The number of esters is 1. The first-order valence-electron chi connectivity index (χ1n) is 9.42. The zero-order valence-corrected chi connectivity index (χ0v) is 18.6. The largest absolute Gasteiger partial charge is 0.468 e. The van der Waals surface area contributed by atoms with Crippen LogP contribution in [0, 0.1) is 12.7 Å². The molecule has 10 heteroatoms. The van der Waals surface area contributed by atoms with Crippen LogP contribution in [0.15, 0.2) is 52.4 Å². The van der Waals surface area contributed by atoms with Crippen LogP contribution in [0.2, 0.25) is 0 Å². The molecule has 0 bridgehead atoms. The van der Waals surface area contributed by atoms with Crippen molar-refractivity contribution in [1.82, 2.24) is 4.57 Å². The van der Waals surface area contributed by atoms with Crippen LogP contribution in [0.5, 0.6) is 0 Å². The summed E-state index contributed by atoms with van der Waals surface area (Å²) in [6, 6.07) is 10.6. The highest BCUT2D eigenvalue weighted by Crippen LogP contribution is 2.19. The van der Waals surface area contributed by atoms with E-state index < -0.39 is 27.5 Å². The van der Waals surface area contributed by atoms with Crippen molar-refractivity contribution in [3.63, 3.8) is 0 Å². The van der Waals surface area contributed by atoms with Crippen molar-refractivity contribution in [3.8, 4) is 0 Å². The number of fused-ring (bicyclic) bond motifs is 1. The van der Waals surface area contributed by atoms with E-state index >= 15 is 0 Å². The van der Waals surface area contributed by atoms with Gasteiger partial charge < -0.3 is 9.30 Å². The number of nitrogens with zero attached hydrogens (tertiary/aromatic N) is 2. The lowest BCUT2D eigenvalue weighted by Gasteiger charge is -2.04. The van der Waals surface area contributed by atoms with E-state index in [1.807, 2.05) is 6.92 Å². The first kappa shape index (κ1) is 22.8. The topological polar surface area (TPSA) is 94.8 Å². The van der Waals surface area contributed by atoms with Crippen molar-refractivity contribution in [2.75, 3.05) is 12.9 Å². The van der Waals surface area contributed by atoms with Crippen LogP contribution in [-0.4, -0.2) is 37.7 Å². The van der Waals surface area contributed by atoms with Crippen molar-refractivity contribution < 1.29 is 27.1 Å². The van der Waals surface area contributed by atoms with Gasteiger partial charge in [0.25, 0.3) is 0 Å². The van der Waals surface area contributed by atoms with Gasteiger partial charge in [-0.2, -0.15) is 4.99 Å². The molecule has 0 radical (unpaired) electrons. The van der Waals surface area contributed by atoms with E-state index in [4.69, 9.17) is 0 Å². The number of hydrogen-bond donors (Lipinski definition) is 0. The fourth-order valence-corrected chi connectivity index (χ4v) is 5.30. The lowest BCUT2D eigenvalue weighted by Crippen LogP contribution is -2.22. The molecule has 0 aliphatic carbocycles. The van der Waals surface area contributed by atoms with Crippen LogP contribution in [0.1, 0.15) is 18.4 Å². The number of sulfone groups is 1. The highest BCUT2D eigenvalue weighted by molar-refractivity contribution is 7.91. The monoisotopic (exact) mass is 464 g/mol. The minimum absolute atomic E-state index is 0.0775. The Morgan fingerprint density at radius 3 is 2.55 bits per heavy atom. The number of thiazole rings is 1. The van der Waals surface area contributed by atoms with Gasteiger partial charge in [0, 0.05) is 6.42 Å². The van der Waals surface area contributed by atoms with Crippen LogP contribution < -0.4 is 4.80 Å². The van der Waals surface area contributed by atoms with Gasteiger partial charge in [-0.25, -0.2) is 12.8 Å². The molecule has 164 valence electrons. The number of amides is 1. The third kappa shape index (κ3) is 5.65. The average Bonchev–Trinajstić information content (AvgIpc) is 3.03. The van der Waals surface area contributed by atoms with Crippen LogP contribution >= 0.6 is 11.3 Å². The highest BCUT2D eigenvalue weighted by Gasteiger charge is 2.16. The van der Waals surface area contributed by atoms with Gasteiger partial charge in [-0.05, 0) is 43.7 Å². The van der Waals surface area contributed by atoms with Crippen molar-refractivity contribution in [2.45, 2.75) is 31.2 Å². The van der Waals surface area contributed by atoms with Crippen LogP contribution in [-0.2, 0) is 30.7 Å². The average molecular weight is 465 g/mol. The van der Waals surface area contributed by atoms with Gasteiger partial charge in [0.15, 0.2) is 14.6 Å². The third-order valence-electron chi connectivity index (χ3n) is 4.56. The van der Waals surface area contributed by atoms with E-state index in [1.54, 1.807) is 24.3 Å². The first-order chi connectivity index (χ1) is 14.7. The second-order valence-electron chi connectivity index (χ2n) is 6.90. The second kappa shape index (κ2) is 9.52. The van der Waals surface area contributed by atoms with E-state index in [0.717, 1.165) is 16.9 Å². The number of halogens is 1. The summed E-state index contributed by atoms with van der Waals surface area (Å²) in [5.74, 6) is -1.69. The number of ether oxygens (including phenoxy) is 1. The highest BCUT2D eigenvalue weighted by atomic mass is 32.2. The summed E-state index contributed by atoms with van der Waals surface area (Å²) in [6.45, 7) is 1.68. The molecular weight excluding hydrogens is 443 g/mol. The summed E-state index contributed by atoms with van der Waals surface area (Å²) in [4.78, 5) is 28.6. The fourth-order valence-electron chi connectivity index (χ4n) is 2.92. The summed E-state index contributed by atoms with van der Waals surface area (Å²) >= 11 is 1.07. The maximum atomic E-state index is 13.6. The molecule has 0 N–H and O–H groups in total. The molecule has 0 spiro atoms. The molecule has 1 heterocycles. The Morgan fingerprint density at radius 1 is 1.16 bits per heavy atom. The molecule has 0 saturated heterocycles. The van der Waals surface area contributed by atoms with E-state index in [9.17, 15) is 22.4 Å². The molecule has 3 rings (SSSR count). The minimum Gasteiger partial charge on any atom is -0.468 e. The van der Waals surface area contributed by atoms with Gasteiger partial charge in [-0.3, -0.25) is 9.59 Å². The van der Waals surface area contributed by atoms with Crippen LogP contribution in [0.4, 0.5) is 4.39 Å². The van der Waals surface area contributed by atoms with Gasteiger partial charge in [-0.1, -0.05) is 29.0 Å². The fraction of sp³-hybridized carbons (Fsp3) is 0.286. The number of aromatic nitrogens is 1. The van der Waals surface area contributed by atoms with Gasteiger partial charge in [0.1, 0.15) is 12.4 Å². The van der Waals surface area contributed by atoms with Crippen LogP contribution in [0.3, 0.4) is 0 Å². The maximum absolute atomic E-state index is 13.6. The molecule has 0 fully saturated rings. The number of aryl methyl sites for hydroxylation is 1.